The number of hydrogen-bond donors (Lipinski definition) is 0. The van der Waals surface area contributed by atoms with Crippen molar-refractivity contribution in [3.05, 3.63) is 17.7 Å². The van der Waals surface area contributed by atoms with Crippen LogP contribution in [0.15, 0.2) is 12.1 Å². The lowest BCUT2D eigenvalue weighted by molar-refractivity contribution is 0.111. The van der Waals surface area contributed by atoms with Crippen molar-refractivity contribution in [3.63, 3.8) is 0 Å². The molecule has 0 spiro atoms. The van der Waals surface area contributed by atoms with E-state index in [4.69, 9.17) is 14.2 Å². The molecule has 0 fully saturated rings. The number of fused-ring (bicyclic) bond motifs is 1. The molecule has 1 heterocycles. The van der Waals surface area contributed by atoms with Crippen LogP contribution in [0.5, 0.6) is 17.2 Å². The van der Waals surface area contributed by atoms with Crippen molar-refractivity contribution in [2.75, 3.05) is 13.4 Å². The van der Waals surface area contributed by atoms with Crippen LogP contribution in [0.3, 0.4) is 0 Å². The van der Waals surface area contributed by atoms with Crippen LogP contribution in [0.4, 0.5) is 0 Å². The maximum absolute atomic E-state index is 10.8. The van der Waals surface area contributed by atoms with Crippen molar-refractivity contribution in [1.29, 1.82) is 0 Å². The topological polar surface area (TPSA) is 44.8 Å². The molecule has 1 aliphatic rings. The zero-order valence-corrected chi connectivity index (χ0v) is 7.78. The van der Waals surface area contributed by atoms with Gasteiger partial charge in [0.2, 0.25) is 6.79 Å². The summed E-state index contributed by atoms with van der Waals surface area (Å²) in [6.45, 7) is 2.53. The molecule has 0 aromatic heterocycles. The van der Waals surface area contributed by atoms with E-state index < -0.39 is 0 Å². The van der Waals surface area contributed by atoms with Crippen molar-refractivity contribution in [3.8, 4) is 17.2 Å². The molecule has 0 saturated heterocycles. The Balaban J connectivity index is 2.48. The summed E-state index contributed by atoms with van der Waals surface area (Å²) < 4.78 is 15.6. The fourth-order valence-corrected chi connectivity index (χ4v) is 1.37. The lowest BCUT2D eigenvalue weighted by Gasteiger charge is -2.07. The van der Waals surface area contributed by atoms with Gasteiger partial charge in [-0.2, -0.15) is 0 Å². The van der Waals surface area contributed by atoms with E-state index in [1.807, 2.05) is 6.92 Å². The summed E-state index contributed by atoms with van der Waals surface area (Å²) in [6.07, 6.45) is 0.721. The number of aldehydes is 1. The minimum absolute atomic E-state index is 0.158. The fraction of sp³-hybridized carbons (Fsp3) is 0.300. The largest absolute Gasteiger partial charge is 0.493 e. The number of ether oxygens (including phenoxy) is 3. The van der Waals surface area contributed by atoms with Crippen LogP contribution in [0.25, 0.3) is 0 Å². The van der Waals surface area contributed by atoms with Crippen molar-refractivity contribution in [1.82, 2.24) is 0 Å². The van der Waals surface area contributed by atoms with Gasteiger partial charge in [0.05, 0.1) is 6.61 Å². The highest BCUT2D eigenvalue weighted by Gasteiger charge is 2.20. The van der Waals surface area contributed by atoms with Gasteiger partial charge >= 0.3 is 0 Å². The Hall–Kier alpha value is -1.71. The Labute approximate surface area is 81.4 Å². The number of rotatable bonds is 3. The monoisotopic (exact) mass is 194 g/mol. The molecule has 1 aliphatic heterocycles. The number of carbonyl (C=O) groups excluding carboxylic acids is 1. The van der Waals surface area contributed by atoms with Gasteiger partial charge in [-0.3, -0.25) is 4.79 Å². The normalized spacial score (nSPS) is 12.6. The highest BCUT2D eigenvalue weighted by molar-refractivity contribution is 5.85. The predicted octanol–water partition coefficient (Wildman–Crippen LogP) is 1.63. The number of carbonyl (C=O) groups is 1. The molecule has 0 unspecified atom stereocenters. The van der Waals surface area contributed by atoms with Gasteiger partial charge in [-0.25, -0.2) is 0 Å². The second-order valence-electron chi connectivity index (χ2n) is 2.76. The molecule has 0 saturated carbocycles. The van der Waals surface area contributed by atoms with Crippen molar-refractivity contribution < 1.29 is 19.0 Å². The first-order chi connectivity index (χ1) is 6.86. The van der Waals surface area contributed by atoms with E-state index >= 15 is 0 Å². The molecule has 74 valence electrons. The molecule has 4 heteroatoms. The molecule has 0 atom stereocenters. The molecular weight excluding hydrogens is 184 g/mol. The summed E-state index contributed by atoms with van der Waals surface area (Å²) >= 11 is 0. The third kappa shape index (κ3) is 1.28. The minimum atomic E-state index is 0.158. The van der Waals surface area contributed by atoms with Gasteiger partial charge < -0.3 is 14.2 Å². The van der Waals surface area contributed by atoms with Gasteiger partial charge in [-0.05, 0) is 19.1 Å². The maximum Gasteiger partial charge on any atom is 0.231 e. The zero-order valence-electron chi connectivity index (χ0n) is 7.78. The zero-order chi connectivity index (χ0) is 9.97. The highest BCUT2D eigenvalue weighted by Crippen LogP contribution is 2.39. The molecule has 0 amide bonds. The van der Waals surface area contributed by atoms with E-state index in [0.29, 0.717) is 29.4 Å². The SMILES string of the molecule is CCOc1ccc2c(c1C=O)OCO2. The van der Waals surface area contributed by atoms with Crippen molar-refractivity contribution >= 4 is 6.29 Å². The molecule has 0 bridgehead atoms. The average Bonchev–Trinajstić information content (AvgIpc) is 2.66. The Bertz CT molecular complexity index is 359. The minimum Gasteiger partial charge on any atom is -0.493 e. The fourth-order valence-electron chi connectivity index (χ4n) is 1.37. The Morgan fingerprint density at radius 1 is 1.50 bits per heavy atom. The molecule has 0 aliphatic carbocycles. The third-order valence-electron chi connectivity index (χ3n) is 1.96. The van der Waals surface area contributed by atoms with Gasteiger partial charge in [0.25, 0.3) is 0 Å². The average molecular weight is 194 g/mol. The van der Waals surface area contributed by atoms with Crippen LogP contribution in [-0.2, 0) is 0 Å². The third-order valence-corrected chi connectivity index (χ3v) is 1.96. The van der Waals surface area contributed by atoms with E-state index in [1.165, 1.54) is 0 Å². The molecular formula is C10H10O4. The first kappa shape index (κ1) is 8.87. The van der Waals surface area contributed by atoms with E-state index in [-0.39, 0.29) is 6.79 Å². The van der Waals surface area contributed by atoms with E-state index in [2.05, 4.69) is 0 Å². The van der Waals surface area contributed by atoms with E-state index in [1.54, 1.807) is 12.1 Å². The van der Waals surface area contributed by atoms with Gasteiger partial charge in [0.1, 0.15) is 11.3 Å². The summed E-state index contributed by atoms with van der Waals surface area (Å²) in [4.78, 5) is 10.8. The molecule has 0 N–H and O–H groups in total. The Kier molecular flexibility index (Phi) is 2.26. The van der Waals surface area contributed by atoms with Crippen molar-refractivity contribution in [2.45, 2.75) is 6.92 Å². The second-order valence-corrected chi connectivity index (χ2v) is 2.76. The van der Waals surface area contributed by atoms with Crippen LogP contribution < -0.4 is 14.2 Å². The highest BCUT2D eigenvalue weighted by atomic mass is 16.7. The molecule has 2 rings (SSSR count). The Morgan fingerprint density at radius 2 is 2.36 bits per heavy atom. The molecule has 1 aromatic carbocycles. The van der Waals surface area contributed by atoms with Crippen LogP contribution >= 0.6 is 0 Å². The quantitative estimate of drug-likeness (QED) is 0.686. The summed E-state index contributed by atoms with van der Waals surface area (Å²) in [5, 5.41) is 0. The molecule has 0 radical (unpaired) electrons. The smallest absolute Gasteiger partial charge is 0.231 e. The lowest BCUT2D eigenvalue weighted by atomic mass is 10.2. The molecule has 1 aromatic rings. The first-order valence-corrected chi connectivity index (χ1v) is 4.37. The summed E-state index contributed by atoms with van der Waals surface area (Å²) in [6, 6.07) is 3.45. The Morgan fingerprint density at radius 3 is 3.07 bits per heavy atom. The van der Waals surface area contributed by atoms with Gasteiger partial charge in [-0.15, -0.1) is 0 Å². The first-order valence-electron chi connectivity index (χ1n) is 4.37. The van der Waals surface area contributed by atoms with Crippen LogP contribution in [0.1, 0.15) is 17.3 Å². The van der Waals surface area contributed by atoms with E-state index in [0.717, 1.165) is 6.29 Å². The summed E-state index contributed by atoms with van der Waals surface area (Å²) in [7, 11) is 0. The predicted molar refractivity (Wildman–Crippen MR) is 49.1 cm³/mol. The standard InChI is InChI=1S/C10H10O4/c1-2-12-8-3-4-9-10(7(8)5-11)14-6-13-9/h3-5H,2,6H2,1H3. The lowest BCUT2D eigenvalue weighted by Crippen LogP contribution is -1.97. The van der Waals surface area contributed by atoms with Gasteiger partial charge in [-0.1, -0.05) is 0 Å². The number of benzene rings is 1. The van der Waals surface area contributed by atoms with Crippen LogP contribution in [0.2, 0.25) is 0 Å². The van der Waals surface area contributed by atoms with Crippen LogP contribution in [0, 0.1) is 0 Å². The molecule has 14 heavy (non-hydrogen) atoms. The maximum atomic E-state index is 10.8. The summed E-state index contributed by atoms with van der Waals surface area (Å²) in [5.41, 5.74) is 0.418. The van der Waals surface area contributed by atoms with Crippen molar-refractivity contribution in [2.24, 2.45) is 0 Å². The second kappa shape index (κ2) is 3.57. The van der Waals surface area contributed by atoms with Gasteiger partial charge in [0.15, 0.2) is 17.8 Å². The van der Waals surface area contributed by atoms with E-state index in [9.17, 15) is 4.79 Å². The summed E-state index contributed by atoms with van der Waals surface area (Å²) in [5.74, 6) is 1.60. The van der Waals surface area contributed by atoms with Gasteiger partial charge in [0, 0.05) is 0 Å². The molecule has 4 nitrogen and oxygen atoms in total. The van der Waals surface area contributed by atoms with Crippen LogP contribution in [-0.4, -0.2) is 19.7 Å². The number of hydrogen-bond acceptors (Lipinski definition) is 4.